The molecule has 1 aliphatic carbocycles. The second-order valence-electron chi connectivity index (χ2n) is 5.95. The Bertz CT molecular complexity index is 385. The Morgan fingerprint density at radius 3 is 2.71 bits per heavy atom. The Hall–Kier alpha value is -0.940. The van der Waals surface area contributed by atoms with E-state index in [4.69, 9.17) is 4.74 Å². The lowest BCUT2D eigenvalue weighted by Gasteiger charge is -2.19. The number of aliphatic hydroxyl groups excluding tert-OH is 2. The van der Waals surface area contributed by atoms with Crippen molar-refractivity contribution in [1.29, 1.82) is 0 Å². The fourth-order valence-corrected chi connectivity index (χ4v) is 3.00. The van der Waals surface area contributed by atoms with Gasteiger partial charge < -0.3 is 20.3 Å². The van der Waals surface area contributed by atoms with Gasteiger partial charge in [-0.1, -0.05) is 36.8 Å². The normalized spacial score (nSPS) is 23.3. The maximum atomic E-state index is 9.89. The summed E-state index contributed by atoms with van der Waals surface area (Å²) < 4.78 is 5.52. The summed E-state index contributed by atoms with van der Waals surface area (Å²) in [7, 11) is 0. The summed E-state index contributed by atoms with van der Waals surface area (Å²) in [6.07, 6.45) is 3.03. The summed E-state index contributed by atoms with van der Waals surface area (Å²) in [6.45, 7) is 2.59. The number of hydrogen-bond acceptors (Lipinski definition) is 4. The fraction of sp³-hybridized carbons (Fsp3) is 0.647. The van der Waals surface area contributed by atoms with Crippen LogP contribution < -0.4 is 5.32 Å². The first-order valence-corrected chi connectivity index (χ1v) is 7.91. The van der Waals surface area contributed by atoms with Gasteiger partial charge in [-0.3, -0.25) is 0 Å². The highest BCUT2D eigenvalue weighted by atomic mass is 16.5. The van der Waals surface area contributed by atoms with Crippen molar-refractivity contribution in [2.75, 3.05) is 26.3 Å². The highest BCUT2D eigenvalue weighted by molar-refractivity contribution is 5.13. The van der Waals surface area contributed by atoms with Crippen LogP contribution in [-0.2, 0) is 11.3 Å². The summed E-state index contributed by atoms with van der Waals surface area (Å²) >= 11 is 0. The molecule has 2 rings (SSSR count). The standard InChI is InChI=1S/C17H27NO3/c19-11-16-8-4-7-15(16)9-18-10-17(20)13-21-12-14-5-2-1-3-6-14/h1-3,5-6,15-20H,4,7-13H2. The Balaban J connectivity index is 1.54. The number of hydrogen-bond donors (Lipinski definition) is 3. The average Bonchev–Trinajstić information content (AvgIpc) is 2.96. The van der Waals surface area contributed by atoms with E-state index in [2.05, 4.69) is 5.32 Å². The Morgan fingerprint density at radius 1 is 1.19 bits per heavy atom. The summed E-state index contributed by atoms with van der Waals surface area (Å²) in [5, 5.41) is 22.5. The van der Waals surface area contributed by atoms with Crippen molar-refractivity contribution in [1.82, 2.24) is 5.32 Å². The van der Waals surface area contributed by atoms with Crippen molar-refractivity contribution in [2.24, 2.45) is 11.8 Å². The SMILES string of the molecule is OCC1CCCC1CNCC(O)COCc1ccccc1. The molecule has 0 heterocycles. The summed E-state index contributed by atoms with van der Waals surface area (Å²) in [6, 6.07) is 9.97. The summed E-state index contributed by atoms with van der Waals surface area (Å²) in [4.78, 5) is 0. The van der Waals surface area contributed by atoms with Crippen LogP contribution in [0.15, 0.2) is 30.3 Å². The molecule has 1 aromatic carbocycles. The van der Waals surface area contributed by atoms with Crippen LogP contribution in [0.25, 0.3) is 0 Å². The van der Waals surface area contributed by atoms with Gasteiger partial charge in [-0.25, -0.2) is 0 Å². The minimum Gasteiger partial charge on any atom is -0.396 e. The second kappa shape index (κ2) is 9.15. The minimum absolute atomic E-state index is 0.287. The Morgan fingerprint density at radius 2 is 1.95 bits per heavy atom. The molecule has 3 unspecified atom stereocenters. The van der Waals surface area contributed by atoms with E-state index in [-0.39, 0.29) is 6.61 Å². The summed E-state index contributed by atoms with van der Waals surface area (Å²) in [5.74, 6) is 0.983. The predicted octanol–water partition coefficient (Wildman–Crippen LogP) is 1.56. The molecular formula is C17H27NO3. The van der Waals surface area contributed by atoms with Gasteiger partial charge >= 0.3 is 0 Å². The van der Waals surface area contributed by atoms with Crippen molar-refractivity contribution in [3.8, 4) is 0 Å². The van der Waals surface area contributed by atoms with Crippen molar-refractivity contribution < 1.29 is 14.9 Å². The van der Waals surface area contributed by atoms with Gasteiger partial charge in [0.1, 0.15) is 0 Å². The van der Waals surface area contributed by atoms with Crippen LogP contribution in [0.1, 0.15) is 24.8 Å². The molecule has 0 amide bonds. The van der Waals surface area contributed by atoms with Crippen LogP contribution in [-0.4, -0.2) is 42.6 Å². The lowest BCUT2D eigenvalue weighted by molar-refractivity contribution is 0.0281. The molecule has 4 nitrogen and oxygen atoms in total. The zero-order chi connectivity index (χ0) is 14.9. The topological polar surface area (TPSA) is 61.7 Å². The van der Waals surface area contributed by atoms with Gasteiger partial charge in [-0.05, 0) is 36.8 Å². The van der Waals surface area contributed by atoms with Gasteiger partial charge in [-0.2, -0.15) is 0 Å². The molecule has 1 fully saturated rings. The number of rotatable bonds is 9. The monoisotopic (exact) mass is 293 g/mol. The fourth-order valence-electron chi connectivity index (χ4n) is 3.00. The molecule has 1 aromatic rings. The number of aliphatic hydroxyl groups is 2. The molecule has 1 aliphatic rings. The van der Waals surface area contributed by atoms with Gasteiger partial charge in [0.05, 0.1) is 19.3 Å². The van der Waals surface area contributed by atoms with E-state index in [1.807, 2.05) is 30.3 Å². The first kappa shape index (κ1) is 16.4. The van der Waals surface area contributed by atoms with Crippen LogP contribution in [0.3, 0.4) is 0 Å². The quantitative estimate of drug-likeness (QED) is 0.647. The van der Waals surface area contributed by atoms with Crippen LogP contribution in [0, 0.1) is 11.8 Å². The third-order valence-electron chi connectivity index (χ3n) is 4.26. The smallest absolute Gasteiger partial charge is 0.0897 e. The predicted molar refractivity (Wildman–Crippen MR) is 82.9 cm³/mol. The van der Waals surface area contributed by atoms with Crippen molar-refractivity contribution in [3.05, 3.63) is 35.9 Å². The van der Waals surface area contributed by atoms with Crippen LogP contribution in [0.5, 0.6) is 0 Å². The molecular weight excluding hydrogens is 266 g/mol. The number of ether oxygens (including phenoxy) is 1. The minimum atomic E-state index is -0.484. The van der Waals surface area contributed by atoms with Gasteiger partial charge in [0.15, 0.2) is 0 Å². The lowest BCUT2D eigenvalue weighted by Crippen LogP contribution is -2.34. The van der Waals surface area contributed by atoms with Gasteiger partial charge in [0.25, 0.3) is 0 Å². The van der Waals surface area contributed by atoms with E-state index in [9.17, 15) is 10.2 Å². The molecule has 21 heavy (non-hydrogen) atoms. The second-order valence-corrected chi connectivity index (χ2v) is 5.95. The molecule has 0 aliphatic heterocycles. The molecule has 3 atom stereocenters. The van der Waals surface area contributed by atoms with E-state index >= 15 is 0 Å². The maximum absolute atomic E-state index is 9.89. The first-order chi connectivity index (χ1) is 10.3. The van der Waals surface area contributed by atoms with Crippen LogP contribution >= 0.6 is 0 Å². The molecule has 0 aromatic heterocycles. The Kier molecular flexibility index (Phi) is 7.16. The molecule has 4 heteroatoms. The molecule has 0 bridgehead atoms. The molecule has 0 spiro atoms. The highest BCUT2D eigenvalue weighted by Gasteiger charge is 2.26. The van der Waals surface area contributed by atoms with Gasteiger partial charge in [0.2, 0.25) is 0 Å². The van der Waals surface area contributed by atoms with Crippen molar-refractivity contribution in [2.45, 2.75) is 32.0 Å². The summed E-state index contributed by atoms with van der Waals surface area (Å²) in [5.41, 5.74) is 1.12. The highest BCUT2D eigenvalue weighted by Crippen LogP contribution is 2.30. The zero-order valence-corrected chi connectivity index (χ0v) is 12.6. The Labute approximate surface area is 127 Å². The number of nitrogens with one attached hydrogen (secondary N) is 1. The van der Waals surface area contributed by atoms with Crippen LogP contribution in [0.2, 0.25) is 0 Å². The third kappa shape index (κ3) is 5.75. The van der Waals surface area contributed by atoms with Crippen LogP contribution in [0.4, 0.5) is 0 Å². The van der Waals surface area contributed by atoms with E-state index in [0.717, 1.165) is 18.5 Å². The van der Waals surface area contributed by atoms with Crippen molar-refractivity contribution >= 4 is 0 Å². The van der Waals surface area contributed by atoms with E-state index in [1.54, 1.807) is 0 Å². The van der Waals surface area contributed by atoms with E-state index in [0.29, 0.717) is 31.6 Å². The molecule has 0 saturated heterocycles. The van der Waals surface area contributed by atoms with Gasteiger partial charge in [-0.15, -0.1) is 0 Å². The number of benzene rings is 1. The van der Waals surface area contributed by atoms with E-state index in [1.165, 1.54) is 12.8 Å². The lowest BCUT2D eigenvalue weighted by atomic mass is 9.97. The largest absolute Gasteiger partial charge is 0.396 e. The zero-order valence-electron chi connectivity index (χ0n) is 12.6. The van der Waals surface area contributed by atoms with E-state index < -0.39 is 6.10 Å². The first-order valence-electron chi connectivity index (χ1n) is 7.91. The van der Waals surface area contributed by atoms with Crippen molar-refractivity contribution in [3.63, 3.8) is 0 Å². The molecule has 3 N–H and O–H groups in total. The average molecular weight is 293 g/mol. The van der Waals surface area contributed by atoms with Gasteiger partial charge in [0, 0.05) is 13.2 Å². The molecule has 118 valence electrons. The molecule has 1 saturated carbocycles. The third-order valence-corrected chi connectivity index (χ3v) is 4.26. The maximum Gasteiger partial charge on any atom is 0.0897 e. The molecule has 0 radical (unpaired) electrons.